The summed E-state index contributed by atoms with van der Waals surface area (Å²) in [6.07, 6.45) is 5.29. The molecule has 0 saturated carbocycles. The van der Waals surface area contributed by atoms with Crippen molar-refractivity contribution in [3.63, 3.8) is 0 Å². The van der Waals surface area contributed by atoms with Crippen LogP contribution in [0.15, 0.2) is 12.3 Å². The van der Waals surface area contributed by atoms with Crippen molar-refractivity contribution >= 4 is 0 Å². The molecule has 0 saturated heterocycles. The van der Waals surface area contributed by atoms with Crippen LogP contribution in [0.1, 0.15) is 54.8 Å². The predicted octanol–water partition coefficient (Wildman–Crippen LogP) is 3.96. The Morgan fingerprint density at radius 2 is 1.83 bits per heavy atom. The Bertz CT molecular complexity index is 92.1. The molecule has 0 rings (SSSR count). The second-order valence-corrected chi connectivity index (χ2v) is 2.77. The highest BCUT2D eigenvalue weighted by Gasteiger charge is 1.86. The summed E-state index contributed by atoms with van der Waals surface area (Å²) < 4.78 is 0. The van der Waals surface area contributed by atoms with E-state index in [1.807, 2.05) is 20.8 Å². The number of unbranched alkanes of at least 4 members (excludes halogenated alkanes) is 3. The third-order valence-electron chi connectivity index (χ3n) is 1.46. The third-order valence-corrected chi connectivity index (χ3v) is 1.46. The van der Waals surface area contributed by atoms with Gasteiger partial charge in [0.25, 0.3) is 0 Å². The lowest BCUT2D eigenvalue weighted by atomic mass is 10.2. The zero-order valence-corrected chi connectivity index (χ0v) is 9.24. The second-order valence-electron chi connectivity index (χ2n) is 2.77. The Morgan fingerprint density at radius 3 is 2.25 bits per heavy atom. The molecule has 0 radical (unpaired) electrons. The van der Waals surface area contributed by atoms with Crippen molar-refractivity contribution < 1.29 is 1.43 Å². The van der Waals surface area contributed by atoms with E-state index in [9.17, 15) is 0 Å². The van der Waals surface area contributed by atoms with Crippen LogP contribution >= 0.6 is 0 Å². The molecule has 0 aliphatic carbocycles. The highest BCUT2D eigenvalue weighted by Crippen LogP contribution is 1.97. The molecule has 1 N–H and O–H groups in total. The minimum Gasteiger partial charge on any atom is -0.389 e. The van der Waals surface area contributed by atoms with Crippen LogP contribution in [0, 0.1) is 0 Å². The van der Waals surface area contributed by atoms with Gasteiger partial charge < -0.3 is 5.32 Å². The van der Waals surface area contributed by atoms with Gasteiger partial charge in [-0.25, -0.2) is 0 Å². The van der Waals surface area contributed by atoms with E-state index in [2.05, 4.69) is 18.8 Å². The first-order valence-electron chi connectivity index (χ1n) is 5.16. The van der Waals surface area contributed by atoms with Crippen LogP contribution in [0.25, 0.3) is 0 Å². The fraction of sp³-hybridized carbons (Fsp3) is 0.818. The highest BCUT2D eigenvalue weighted by atomic mass is 14.9. The molecule has 0 aliphatic heterocycles. The van der Waals surface area contributed by atoms with Gasteiger partial charge in [-0.1, -0.05) is 46.6 Å². The summed E-state index contributed by atoms with van der Waals surface area (Å²) in [4.78, 5) is 0. The van der Waals surface area contributed by atoms with Crippen molar-refractivity contribution in [2.75, 3.05) is 6.54 Å². The molecule has 0 bridgehead atoms. The molecule has 1 nitrogen and oxygen atoms in total. The molecule has 76 valence electrons. The largest absolute Gasteiger partial charge is 0.389 e. The second kappa shape index (κ2) is 13.2. The van der Waals surface area contributed by atoms with E-state index in [1.165, 1.54) is 25.7 Å². The Kier molecular flexibility index (Phi) is 15.4. The van der Waals surface area contributed by atoms with Crippen molar-refractivity contribution in [2.24, 2.45) is 0 Å². The van der Waals surface area contributed by atoms with Crippen LogP contribution < -0.4 is 5.32 Å². The lowest BCUT2D eigenvalue weighted by Gasteiger charge is -2.03. The van der Waals surface area contributed by atoms with Gasteiger partial charge in [-0.2, -0.15) is 0 Å². The monoisotopic (exact) mass is 173 g/mol. The van der Waals surface area contributed by atoms with Crippen molar-refractivity contribution in [1.82, 2.24) is 5.32 Å². The van der Waals surface area contributed by atoms with Gasteiger partial charge in [0.2, 0.25) is 0 Å². The molecular formula is C11H27N. The average Bonchev–Trinajstić information content (AvgIpc) is 2.07. The van der Waals surface area contributed by atoms with E-state index in [-0.39, 0.29) is 1.43 Å². The predicted molar refractivity (Wildman–Crippen MR) is 60.4 cm³/mol. The molecule has 0 aromatic rings. The summed E-state index contributed by atoms with van der Waals surface area (Å²) in [5.41, 5.74) is 1.08. The summed E-state index contributed by atoms with van der Waals surface area (Å²) in [5, 5.41) is 3.21. The molecule has 0 atom stereocenters. The van der Waals surface area contributed by atoms with Crippen LogP contribution in [0.3, 0.4) is 0 Å². The van der Waals surface area contributed by atoms with Crippen LogP contribution in [0.4, 0.5) is 0 Å². The molecule has 0 aliphatic rings. The number of rotatable bonds is 6. The SMILES string of the molecule is C=C(C)NCCCCCC.CC.[HH]. The quantitative estimate of drug-likeness (QED) is 0.599. The Hall–Kier alpha value is -0.460. The summed E-state index contributed by atoms with van der Waals surface area (Å²) in [7, 11) is 0. The van der Waals surface area contributed by atoms with E-state index in [0.29, 0.717) is 0 Å². The standard InChI is InChI=1S/C9H19N.C2H6.H2/c1-4-5-6-7-8-10-9(2)3;1-2;/h10H,2,4-8H2,1,3H3;1-2H3;1H. The fourth-order valence-electron chi connectivity index (χ4n) is 0.854. The van der Waals surface area contributed by atoms with Gasteiger partial charge in [-0.3, -0.25) is 0 Å². The van der Waals surface area contributed by atoms with E-state index in [0.717, 1.165) is 12.2 Å². The van der Waals surface area contributed by atoms with Gasteiger partial charge in [0, 0.05) is 13.7 Å². The Labute approximate surface area is 79.7 Å². The summed E-state index contributed by atoms with van der Waals surface area (Å²) in [5.74, 6) is 0. The first-order valence-corrected chi connectivity index (χ1v) is 5.16. The van der Waals surface area contributed by atoms with E-state index >= 15 is 0 Å². The lowest BCUT2D eigenvalue weighted by molar-refractivity contribution is 0.636. The maximum absolute atomic E-state index is 3.76. The summed E-state index contributed by atoms with van der Waals surface area (Å²) >= 11 is 0. The van der Waals surface area contributed by atoms with Crippen molar-refractivity contribution in [3.8, 4) is 0 Å². The summed E-state index contributed by atoms with van der Waals surface area (Å²) in [6.45, 7) is 13.1. The lowest BCUT2D eigenvalue weighted by Crippen LogP contribution is -2.11. The molecule has 0 heterocycles. The maximum Gasteiger partial charge on any atom is 0.0143 e. The first kappa shape index (κ1) is 14.1. The van der Waals surface area contributed by atoms with Gasteiger partial charge in [-0.15, -0.1) is 0 Å². The molecule has 0 spiro atoms. The zero-order chi connectivity index (χ0) is 9.82. The maximum atomic E-state index is 3.76. The van der Waals surface area contributed by atoms with Gasteiger partial charge in [0.15, 0.2) is 0 Å². The minimum absolute atomic E-state index is 0. The van der Waals surface area contributed by atoms with E-state index in [1.54, 1.807) is 0 Å². The van der Waals surface area contributed by atoms with Crippen LogP contribution in [0.5, 0.6) is 0 Å². The molecule has 0 aromatic carbocycles. The van der Waals surface area contributed by atoms with Crippen molar-refractivity contribution in [1.29, 1.82) is 0 Å². The number of allylic oxidation sites excluding steroid dienone is 1. The molecular weight excluding hydrogens is 146 g/mol. The number of hydrogen-bond acceptors (Lipinski definition) is 1. The van der Waals surface area contributed by atoms with Gasteiger partial charge >= 0.3 is 0 Å². The normalized spacial score (nSPS) is 8.33. The molecule has 12 heavy (non-hydrogen) atoms. The van der Waals surface area contributed by atoms with Crippen molar-refractivity contribution in [3.05, 3.63) is 12.3 Å². The Morgan fingerprint density at radius 1 is 1.25 bits per heavy atom. The summed E-state index contributed by atoms with van der Waals surface area (Å²) in [6, 6.07) is 0. The van der Waals surface area contributed by atoms with E-state index in [4.69, 9.17) is 0 Å². The first-order chi connectivity index (χ1) is 5.77. The fourth-order valence-corrected chi connectivity index (χ4v) is 0.854. The molecule has 0 aromatic heterocycles. The minimum atomic E-state index is 0. The number of hydrogen-bond donors (Lipinski definition) is 1. The average molecular weight is 173 g/mol. The zero-order valence-electron chi connectivity index (χ0n) is 9.24. The van der Waals surface area contributed by atoms with Crippen LogP contribution in [0.2, 0.25) is 0 Å². The highest BCUT2D eigenvalue weighted by molar-refractivity contribution is 4.83. The van der Waals surface area contributed by atoms with Crippen LogP contribution in [-0.4, -0.2) is 6.54 Å². The van der Waals surface area contributed by atoms with Crippen LogP contribution in [-0.2, 0) is 0 Å². The van der Waals surface area contributed by atoms with Gasteiger partial charge in [-0.05, 0) is 13.3 Å². The number of nitrogens with one attached hydrogen (secondary N) is 1. The van der Waals surface area contributed by atoms with Gasteiger partial charge in [0.1, 0.15) is 0 Å². The molecule has 0 unspecified atom stereocenters. The van der Waals surface area contributed by atoms with Gasteiger partial charge in [0.05, 0.1) is 0 Å². The smallest absolute Gasteiger partial charge is 0.0143 e. The van der Waals surface area contributed by atoms with Crippen molar-refractivity contribution in [2.45, 2.75) is 53.4 Å². The molecule has 1 heteroatoms. The topological polar surface area (TPSA) is 12.0 Å². The Balaban J connectivity index is -0.000000309. The molecule has 0 amide bonds. The third kappa shape index (κ3) is 16.3. The van der Waals surface area contributed by atoms with E-state index < -0.39 is 0 Å². The molecule has 0 fully saturated rings.